The number of nitrogens with one attached hydrogen (secondary N) is 1. The maximum Gasteiger partial charge on any atom is 0.323 e. The van der Waals surface area contributed by atoms with E-state index in [4.69, 9.17) is 11.6 Å². The third-order valence-electron chi connectivity index (χ3n) is 6.01. The summed E-state index contributed by atoms with van der Waals surface area (Å²) in [6, 6.07) is 7.94. The van der Waals surface area contributed by atoms with Gasteiger partial charge in [-0.1, -0.05) is 53.8 Å². The lowest BCUT2D eigenvalue weighted by Crippen LogP contribution is -2.45. The molecule has 0 aliphatic heterocycles. The van der Waals surface area contributed by atoms with Gasteiger partial charge in [-0.25, -0.2) is 9.78 Å². The van der Waals surface area contributed by atoms with Crippen molar-refractivity contribution in [1.29, 1.82) is 0 Å². The molecule has 0 spiro atoms. The summed E-state index contributed by atoms with van der Waals surface area (Å²) in [6.45, 7) is 6.25. The van der Waals surface area contributed by atoms with Gasteiger partial charge in [0.15, 0.2) is 5.13 Å². The first-order chi connectivity index (χ1) is 15.6. The molecule has 1 aromatic carbocycles. The highest BCUT2D eigenvalue weighted by atomic mass is 35.5. The fraction of sp³-hybridized carbons (Fsp3) is 0.542. The Kier molecular flexibility index (Phi) is 9.07. The molecule has 0 radical (unpaired) electrons. The Hall–Kier alpha value is -1.77. The van der Waals surface area contributed by atoms with Gasteiger partial charge < -0.3 is 10.0 Å². The van der Waals surface area contributed by atoms with Crippen LogP contribution in [0.2, 0.25) is 5.02 Å². The quantitative estimate of drug-likeness (QED) is 0.363. The number of benzene rings is 1. The number of carboxylic acid groups (broad SMARTS) is 1. The zero-order valence-electron chi connectivity index (χ0n) is 19.3. The lowest BCUT2D eigenvalue weighted by molar-refractivity contribution is -0.138. The van der Waals surface area contributed by atoms with Gasteiger partial charge in [0.05, 0.1) is 10.4 Å². The largest absolute Gasteiger partial charge is 0.480 e. The molecule has 1 heterocycles. The van der Waals surface area contributed by atoms with Crippen LogP contribution in [0.25, 0.3) is 0 Å². The zero-order valence-corrected chi connectivity index (χ0v) is 21.7. The number of aryl methyl sites for hydroxylation is 1. The second-order valence-electron chi connectivity index (χ2n) is 9.17. The zero-order chi connectivity index (χ0) is 24.0. The number of hydrogen-bond acceptors (Lipinski definition) is 5. The summed E-state index contributed by atoms with van der Waals surface area (Å²) in [5.74, 6) is -0.183. The van der Waals surface area contributed by atoms with Crippen molar-refractivity contribution in [3.05, 3.63) is 41.0 Å². The molecule has 2 aromatic rings. The molecule has 0 unspecified atom stereocenters. The molecule has 3 rings (SSSR count). The van der Waals surface area contributed by atoms with E-state index in [-0.39, 0.29) is 12.1 Å². The van der Waals surface area contributed by atoms with Crippen molar-refractivity contribution in [2.45, 2.75) is 74.3 Å². The molecular formula is C24H32ClN3O3S2. The van der Waals surface area contributed by atoms with Gasteiger partial charge in [0.2, 0.25) is 0 Å². The first-order valence-electron chi connectivity index (χ1n) is 11.3. The van der Waals surface area contributed by atoms with E-state index in [1.165, 1.54) is 28.7 Å². The number of carbonyl (C=O) groups excluding carboxylic acids is 1. The van der Waals surface area contributed by atoms with Crippen LogP contribution in [0.4, 0.5) is 9.93 Å². The third-order valence-corrected chi connectivity index (χ3v) is 8.44. The van der Waals surface area contributed by atoms with Crippen LogP contribution in [0.1, 0.15) is 58.4 Å². The number of thiazole rings is 1. The number of thioether (sulfide) groups is 1. The fourth-order valence-electron chi connectivity index (χ4n) is 3.97. The topological polar surface area (TPSA) is 82.5 Å². The molecule has 2 N–H and O–H groups in total. The molecule has 6 nitrogen and oxygen atoms in total. The Balaban J connectivity index is 1.64. The molecule has 0 saturated heterocycles. The number of aromatic nitrogens is 1. The molecule has 2 amide bonds. The minimum absolute atomic E-state index is 0.135. The van der Waals surface area contributed by atoms with E-state index < -0.39 is 10.7 Å². The summed E-state index contributed by atoms with van der Waals surface area (Å²) in [7, 11) is 0. The molecule has 0 atom stereocenters. The van der Waals surface area contributed by atoms with Gasteiger partial charge in [-0.15, -0.1) is 0 Å². The van der Waals surface area contributed by atoms with E-state index in [9.17, 15) is 14.7 Å². The molecular weight excluding hydrogens is 478 g/mol. The van der Waals surface area contributed by atoms with Crippen LogP contribution in [-0.4, -0.2) is 44.3 Å². The average Bonchev–Trinajstić information content (AvgIpc) is 3.18. The number of rotatable bonds is 9. The molecule has 1 aliphatic rings. The van der Waals surface area contributed by atoms with Crippen molar-refractivity contribution in [1.82, 2.24) is 9.88 Å². The van der Waals surface area contributed by atoms with Gasteiger partial charge >= 0.3 is 12.0 Å². The van der Waals surface area contributed by atoms with Crippen LogP contribution in [0, 0.1) is 5.92 Å². The van der Waals surface area contributed by atoms with Crippen LogP contribution >= 0.6 is 34.7 Å². The average molecular weight is 510 g/mol. The van der Waals surface area contributed by atoms with Gasteiger partial charge in [0.1, 0.15) is 4.75 Å². The molecule has 1 fully saturated rings. The smallest absolute Gasteiger partial charge is 0.323 e. The Morgan fingerprint density at radius 1 is 1.30 bits per heavy atom. The summed E-state index contributed by atoms with van der Waals surface area (Å²) >= 11 is 8.65. The number of amides is 2. The van der Waals surface area contributed by atoms with E-state index in [0.717, 1.165) is 47.8 Å². The minimum atomic E-state index is -0.959. The van der Waals surface area contributed by atoms with E-state index >= 15 is 0 Å². The summed E-state index contributed by atoms with van der Waals surface area (Å²) in [5, 5.41) is 13.5. The van der Waals surface area contributed by atoms with Gasteiger partial charge in [0.25, 0.3) is 0 Å². The molecule has 33 heavy (non-hydrogen) atoms. The van der Waals surface area contributed by atoms with Gasteiger partial charge in [0, 0.05) is 17.6 Å². The van der Waals surface area contributed by atoms with Crippen molar-refractivity contribution in [2.75, 3.05) is 11.9 Å². The Bertz CT molecular complexity index is 958. The minimum Gasteiger partial charge on any atom is -0.480 e. The lowest BCUT2D eigenvalue weighted by atomic mass is 9.86. The van der Waals surface area contributed by atoms with Gasteiger partial charge in [-0.05, 0) is 76.0 Å². The highest BCUT2D eigenvalue weighted by Gasteiger charge is 2.30. The number of nitrogens with zero attached hydrogens (tertiary/aromatic N) is 2. The molecule has 1 aromatic heterocycles. The Morgan fingerprint density at radius 3 is 2.70 bits per heavy atom. The predicted octanol–water partition coefficient (Wildman–Crippen LogP) is 6.80. The first kappa shape index (κ1) is 25.8. The lowest BCUT2D eigenvalue weighted by Gasteiger charge is -2.36. The maximum absolute atomic E-state index is 13.3. The van der Waals surface area contributed by atoms with E-state index in [1.807, 2.05) is 23.1 Å². The predicted molar refractivity (Wildman–Crippen MR) is 137 cm³/mol. The van der Waals surface area contributed by atoms with Crippen LogP contribution in [0.5, 0.6) is 0 Å². The van der Waals surface area contributed by atoms with Crippen molar-refractivity contribution >= 4 is 51.8 Å². The third kappa shape index (κ3) is 7.62. The Morgan fingerprint density at radius 2 is 2.03 bits per heavy atom. The number of aliphatic carboxylic acids is 1. The normalized spacial score (nSPS) is 18.7. The second-order valence-corrected chi connectivity index (χ2v) is 12.6. The van der Waals surface area contributed by atoms with Crippen molar-refractivity contribution in [3.8, 4) is 0 Å². The van der Waals surface area contributed by atoms with Crippen molar-refractivity contribution in [3.63, 3.8) is 0 Å². The number of halogens is 1. The Labute approximate surface area is 209 Å². The summed E-state index contributed by atoms with van der Waals surface area (Å²) in [6.07, 6.45) is 7.62. The van der Waals surface area contributed by atoms with Gasteiger partial charge in [-0.2, -0.15) is 0 Å². The van der Waals surface area contributed by atoms with E-state index in [1.54, 1.807) is 20.0 Å². The molecule has 1 saturated carbocycles. The number of hydrogen-bond donors (Lipinski definition) is 2. The van der Waals surface area contributed by atoms with Crippen LogP contribution in [-0.2, 0) is 11.2 Å². The van der Waals surface area contributed by atoms with Crippen LogP contribution < -0.4 is 5.32 Å². The second kappa shape index (κ2) is 11.6. The van der Waals surface area contributed by atoms with Crippen LogP contribution in [0.3, 0.4) is 0 Å². The first-order valence-corrected chi connectivity index (χ1v) is 13.4. The standard InChI is InChI=1S/C24H32ClN3O3S2/c1-16-9-11-19(12-10-16)28(13-5-7-17-6-4-8-18(25)14-17)23(31)27-22-26-15-20(32-22)33-24(2,3)21(29)30/h4,6,8,14-16,19H,5,7,9-13H2,1-3H3,(H,29,30)(H,26,27,31). The number of carbonyl (C=O) groups is 2. The highest BCUT2D eigenvalue weighted by molar-refractivity contribution is 8.03. The molecule has 180 valence electrons. The number of anilines is 1. The SMILES string of the molecule is CC1CCC(N(CCCc2cccc(Cl)c2)C(=O)Nc2ncc(SC(C)(C)C(=O)O)s2)CC1. The summed E-state index contributed by atoms with van der Waals surface area (Å²) < 4.78 is -0.199. The van der Waals surface area contributed by atoms with E-state index in [2.05, 4.69) is 23.3 Å². The molecule has 0 bridgehead atoms. The fourth-order valence-corrected chi connectivity index (χ4v) is 6.45. The monoisotopic (exact) mass is 509 g/mol. The van der Waals surface area contributed by atoms with Crippen molar-refractivity contribution in [2.24, 2.45) is 5.92 Å². The summed E-state index contributed by atoms with van der Waals surface area (Å²) in [5.41, 5.74) is 1.17. The van der Waals surface area contributed by atoms with E-state index in [0.29, 0.717) is 17.6 Å². The highest BCUT2D eigenvalue weighted by Crippen LogP contribution is 2.37. The summed E-state index contributed by atoms with van der Waals surface area (Å²) in [4.78, 5) is 30.9. The van der Waals surface area contributed by atoms with Gasteiger partial charge in [-0.3, -0.25) is 10.1 Å². The number of urea groups is 1. The van der Waals surface area contributed by atoms with Crippen LogP contribution in [0.15, 0.2) is 34.7 Å². The van der Waals surface area contributed by atoms with Crippen molar-refractivity contribution < 1.29 is 14.7 Å². The molecule has 9 heteroatoms. The maximum atomic E-state index is 13.3. The molecule has 1 aliphatic carbocycles. The number of carboxylic acids is 1.